The molecule has 9 nitrogen and oxygen atoms in total. The number of esters is 1. The van der Waals surface area contributed by atoms with Gasteiger partial charge in [0.1, 0.15) is 11.4 Å². The van der Waals surface area contributed by atoms with Crippen LogP contribution in [0.5, 0.6) is 5.75 Å². The summed E-state index contributed by atoms with van der Waals surface area (Å²) < 4.78 is 33.7. The lowest BCUT2D eigenvalue weighted by molar-refractivity contribution is -0.383. The molecule has 0 fully saturated rings. The van der Waals surface area contributed by atoms with Crippen LogP contribution in [0.2, 0.25) is 0 Å². The Labute approximate surface area is 150 Å². The molecule has 2 rings (SSSR count). The van der Waals surface area contributed by atoms with Gasteiger partial charge in [-0.3, -0.25) is 14.9 Å². The molecular weight excluding hydrogens is 368 g/mol. The molecule has 2 aromatic rings. The summed E-state index contributed by atoms with van der Waals surface area (Å²) in [5.74, 6) is -2.08. The van der Waals surface area contributed by atoms with Crippen LogP contribution in [-0.4, -0.2) is 30.0 Å². The highest BCUT2D eigenvalue weighted by molar-refractivity contribution is 5.96. The zero-order chi connectivity index (χ0) is 20.0. The van der Waals surface area contributed by atoms with E-state index in [-0.39, 0.29) is 22.7 Å². The van der Waals surface area contributed by atoms with E-state index in [2.05, 4.69) is 10.1 Å². The van der Waals surface area contributed by atoms with Crippen molar-refractivity contribution in [2.45, 2.75) is 6.61 Å². The van der Waals surface area contributed by atoms with Crippen molar-refractivity contribution in [1.29, 1.82) is 0 Å². The molecule has 0 aliphatic carbocycles. The molecule has 0 aliphatic rings. The fourth-order valence-corrected chi connectivity index (χ4v) is 2.00. The quantitative estimate of drug-likeness (QED) is 0.326. The third-order valence-electron chi connectivity index (χ3n) is 3.17. The van der Waals surface area contributed by atoms with E-state index in [1.54, 1.807) is 0 Å². The van der Waals surface area contributed by atoms with E-state index in [1.165, 1.54) is 30.3 Å². The first-order valence-corrected chi connectivity index (χ1v) is 7.32. The summed E-state index contributed by atoms with van der Waals surface area (Å²) in [6.07, 6.45) is 0. The van der Waals surface area contributed by atoms with Gasteiger partial charge in [0.15, 0.2) is 6.61 Å². The lowest BCUT2D eigenvalue weighted by Gasteiger charge is -2.11. The van der Waals surface area contributed by atoms with Crippen molar-refractivity contribution in [1.82, 2.24) is 0 Å². The van der Waals surface area contributed by atoms with Gasteiger partial charge in [-0.2, -0.15) is 8.78 Å². The molecule has 3 N–H and O–H groups in total. The number of nitrogen functional groups attached to an aromatic ring is 1. The molecular formula is C16H13F2N3O6. The van der Waals surface area contributed by atoms with Gasteiger partial charge in [0.25, 0.3) is 11.6 Å². The summed E-state index contributed by atoms with van der Waals surface area (Å²) in [7, 11) is 0. The van der Waals surface area contributed by atoms with Crippen LogP contribution in [0, 0.1) is 10.1 Å². The second kappa shape index (κ2) is 8.56. The highest BCUT2D eigenvalue weighted by atomic mass is 19.3. The minimum Gasteiger partial charge on any atom is -0.452 e. The fourth-order valence-electron chi connectivity index (χ4n) is 2.00. The molecule has 0 heterocycles. The number of nitro groups is 1. The van der Waals surface area contributed by atoms with Gasteiger partial charge in [0, 0.05) is 6.07 Å². The molecule has 0 bridgehead atoms. The number of carbonyl (C=O) groups is 2. The number of alkyl halides is 2. The summed E-state index contributed by atoms with van der Waals surface area (Å²) in [6.45, 7) is -3.83. The number of benzene rings is 2. The summed E-state index contributed by atoms with van der Waals surface area (Å²) in [6, 6.07) is 8.74. The van der Waals surface area contributed by atoms with Crippen LogP contribution in [-0.2, 0) is 9.53 Å². The predicted octanol–water partition coefficient (Wildman–Crippen LogP) is 2.57. The number of anilines is 2. The summed E-state index contributed by atoms with van der Waals surface area (Å²) in [5, 5.41) is 13.1. The Morgan fingerprint density at radius 1 is 1.22 bits per heavy atom. The number of nitro benzene ring substituents is 1. The van der Waals surface area contributed by atoms with E-state index < -0.39 is 35.7 Å². The van der Waals surface area contributed by atoms with E-state index in [1.807, 2.05) is 0 Å². The number of nitrogens with two attached hydrogens (primary N) is 1. The summed E-state index contributed by atoms with van der Waals surface area (Å²) >= 11 is 0. The standard InChI is InChI=1S/C16H13F2N3O6/c17-16(18)27-13-4-2-1-3-11(13)20-14(22)8-26-15(23)9-5-6-10(19)12(7-9)21(24)25/h1-7,16H,8,19H2,(H,20,22). The number of amides is 1. The van der Waals surface area contributed by atoms with Gasteiger partial charge in [-0.05, 0) is 24.3 Å². The van der Waals surface area contributed by atoms with E-state index in [4.69, 9.17) is 10.5 Å². The summed E-state index contributed by atoms with van der Waals surface area (Å²) in [5.41, 5.74) is 4.59. The highest BCUT2D eigenvalue weighted by Crippen LogP contribution is 2.25. The lowest BCUT2D eigenvalue weighted by Crippen LogP contribution is -2.21. The maximum absolute atomic E-state index is 12.3. The Balaban J connectivity index is 1.99. The number of ether oxygens (including phenoxy) is 2. The van der Waals surface area contributed by atoms with Crippen molar-refractivity contribution in [3.63, 3.8) is 0 Å². The van der Waals surface area contributed by atoms with Crippen molar-refractivity contribution in [3.05, 3.63) is 58.1 Å². The topological polar surface area (TPSA) is 134 Å². The number of para-hydroxylation sites is 2. The SMILES string of the molecule is Nc1ccc(C(=O)OCC(=O)Nc2ccccc2OC(F)F)cc1[N+](=O)[O-]. The smallest absolute Gasteiger partial charge is 0.387 e. The zero-order valence-electron chi connectivity index (χ0n) is 13.6. The molecule has 11 heteroatoms. The van der Waals surface area contributed by atoms with Gasteiger partial charge in [-0.25, -0.2) is 4.79 Å². The molecule has 27 heavy (non-hydrogen) atoms. The van der Waals surface area contributed by atoms with Crippen LogP contribution in [0.3, 0.4) is 0 Å². The second-order valence-electron chi connectivity index (χ2n) is 5.03. The van der Waals surface area contributed by atoms with Crippen molar-refractivity contribution in [2.24, 2.45) is 0 Å². The number of hydrogen-bond donors (Lipinski definition) is 2. The Kier molecular flexibility index (Phi) is 6.20. The Morgan fingerprint density at radius 3 is 2.59 bits per heavy atom. The molecule has 1 amide bonds. The Morgan fingerprint density at radius 2 is 1.93 bits per heavy atom. The molecule has 2 aromatic carbocycles. The van der Waals surface area contributed by atoms with Gasteiger partial charge in [-0.1, -0.05) is 12.1 Å². The third-order valence-corrected chi connectivity index (χ3v) is 3.17. The molecule has 0 atom stereocenters. The van der Waals surface area contributed by atoms with Crippen LogP contribution < -0.4 is 15.8 Å². The van der Waals surface area contributed by atoms with Gasteiger partial charge < -0.3 is 20.5 Å². The van der Waals surface area contributed by atoms with Gasteiger partial charge in [-0.15, -0.1) is 0 Å². The number of nitrogens with zero attached hydrogens (tertiary/aromatic N) is 1. The molecule has 0 radical (unpaired) electrons. The van der Waals surface area contributed by atoms with E-state index >= 15 is 0 Å². The van der Waals surface area contributed by atoms with E-state index in [0.717, 1.165) is 12.1 Å². The second-order valence-corrected chi connectivity index (χ2v) is 5.03. The van der Waals surface area contributed by atoms with Crippen molar-refractivity contribution in [3.8, 4) is 5.75 Å². The molecule has 0 saturated carbocycles. The molecule has 142 valence electrons. The minimum absolute atomic E-state index is 0.0398. The van der Waals surface area contributed by atoms with Crippen molar-refractivity contribution in [2.75, 3.05) is 17.7 Å². The maximum Gasteiger partial charge on any atom is 0.387 e. The first-order valence-electron chi connectivity index (χ1n) is 7.32. The van der Waals surface area contributed by atoms with Crippen molar-refractivity contribution >= 4 is 28.9 Å². The molecule has 0 aliphatic heterocycles. The average molecular weight is 381 g/mol. The molecule has 0 spiro atoms. The van der Waals surface area contributed by atoms with Crippen LogP contribution in [0.1, 0.15) is 10.4 Å². The van der Waals surface area contributed by atoms with Gasteiger partial charge >= 0.3 is 12.6 Å². The Bertz CT molecular complexity index is 875. The van der Waals surface area contributed by atoms with Gasteiger partial charge in [0.2, 0.25) is 0 Å². The third kappa shape index (κ3) is 5.36. The number of hydrogen-bond acceptors (Lipinski definition) is 7. The Hall–Kier alpha value is -3.76. The first kappa shape index (κ1) is 19.6. The van der Waals surface area contributed by atoms with E-state index in [0.29, 0.717) is 0 Å². The summed E-state index contributed by atoms with van der Waals surface area (Å²) in [4.78, 5) is 33.8. The maximum atomic E-state index is 12.3. The predicted molar refractivity (Wildman–Crippen MR) is 89.5 cm³/mol. The molecule has 0 aromatic heterocycles. The number of halogens is 2. The van der Waals surface area contributed by atoms with E-state index in [9.17, 15) is 28.5 Å². The van der Waals surface area contributed by atoms with Crippen molar-refractivity contribution < 1.29 is 32.8 Å². The van der Waals surface area contributed by atoms with Gasteiger partial charge in [0.05, 0.1) is 16.2 Å². The van der Waals surface area contributed by atoms with Crippen LogP contribution in [0.25, 0.3) is 0 Å². The number of nitrogens with one attached hydrogen (secondary N) is 1. The minimum atomic E-state index is -3.08. The largest absolute Gasteiger partial charge is 0.452 e. The number of carbonyl (C=O) groups excluding carboxylic acids is 2. The highest BCUT2D eigenvalue weighted by Gasteiger charge is 2.18. The fraction of sp³-hybridized carbons (Fsp3) is 0.125. The average Bonchev–Trinajstić information content (AvgIpc) is 2.61. The zero-order valence-corrected chi connectivity index (χ0v) is 13.6. The molecule has 0 unspecified atom stereocenters. The monoisotopic (exact) mass is 381 g/mol. The normalized spacial score (nSPS) is 10.3. The van der Waals surface area contributed by atoms with Crippen LogP contribution in [0.4, 0.5) is 25.8 Å². The lowest BCUT2D eigenvalue weighted by atomic mass is 10.2. The number of rotatable bonds is 7. The van der Waals surface area contributed by atoms with Crippen LogP contribution >= 0.6 is 0 Å². The first-order chi connectivity index (χ1) is 12.8. The molecule has 0 saturated heterocycles. The van der Waals surface area contributed by atoms with Crippen LogP contribution in [0.15, 0.2) is 42.5 Å².